The summed E-state index contributed by atoms with van der Waals surface area (Å²) in [4.78, 5) is 36.4. The Morgan fingerprint density at radius 3 is 1.91 bits per heavy atom. The number of thiocarbonyl (C=S) groups is 1. The number of hydrogen-bond donors (Lipinski definition) is 4. The standard InChI is InChI=1S/C24H30N4O3S/c1-15(2)14-20(29)26-23(32)28-27-22(31)17-8-12-19(13-9-17)25-21(30)16-6-10-18(11-7-16)24(3,4)5/h6-13,15H,14H2,1-5H3,(H,25,30)(H,27,31)(H2,26,28,29,32). The fraction of sp³-hybridized carbons (Fsp3) is 0.333. The fourth-order valence-corrected chi connectivity index (χ4v) is 2.96. The zero-order chi connectivity index (χ0) is 23.9. The molecule has 7 nitrogen and oxygen atoms in total. The summed E-state index contributed by atoms with van der Waals surface area (Å²) in [6.07, 6.45) is 0.337. The summed E-state index contributed by atoms with van der Waals surface area (Å²) in [6, 6.07) is 13.9. The highest BCUT2D eigenvalue weighted by atomic mass is 32.1. The van der Waals surface area contributed by atoms with Crippen LogP contribution in [-0.4, -0.2) is 22.8 Å². The van der Waals surface area contributed by atoms with Crippen LogP contribution in [0, 0.1) is 5.92 Å². The molecule has 4 N–H and O–H groups in total. The van der Waals surface area contributed by atoms with Gasteiger partial charge >= 0.3 is 0 Å². The lowest BCUT2D eigenvalue weighted by Crippen LogP contribution is -2.48. The Morgan fingerprint density at radius 2 is 1.38 bits per heavy atom. The van der Waals surface area contributed by atoms with E-state index in [-0.39, 0.29) is 28.3 Å². The predicted molar refractivity (Wildman–Crippen MR) is 130 cm³/mol. The maximum absolute atomic E-state index is 12.5. The first kappa shape index (κ1) is 25.0. The first-order chi connectivity index (χ1) is 15.0. The highest BCUT2D eigenvalue weighted by Crippen LogP contribution is 2.22. The number of carbonyl (C=O) groups is 3. The molecule has 0 aliphatic heterocycles. The molecule has 0 radical (unpaired) electrons. The second-order valence-corrected chi connectivity index (χ2v) is 9.32. The van der Waals surface area contributed by atoms with Crippen LogP contribution >= 0.6 is 12.2 Å². The molecule has 8 heteroatoms. The van der Waals surface area contributed by atoms with Crippen molar-refractivity contribution in [3.05, 3.63) is 65.2 Å². The van der Waals surface area contributed by atoms with Gasteiger partial charge in [0.1, 0.15) is 0 Å². The van der Waals surface area contributed by atoms with Gasteiger partial charge < -0.3 is 10.6 Å². The SMILES string of the molecule is CC(C)CC(=O)NC(=S)NNC(=O)c1ccc(NC(=O)c2ccc(C(C)(C)C)cc2)cc1. The molecule has 0 spiro atoms. The van der Waals surface area contributed by atoms with Gasteiger partial charge in [-0.3, -0.25) is 25.2 Å². The maximum atomic E-state index is 12.5. The third-order valence-electron chi connectivity index (χ3n) is 4.55. The molecule has 0 saturated carbocycles. The van der Waals surface area contributed by atoms with Gasteiger partial charge in [-0.05, 0) is 65.5 Å². The number of hydrogen-bond acceptors (Lipinski definition) is 4. The molecule has 2 aromatic carbocycles. The van der Waals surface area contributed by atoms with Gasteiger partial charge in [0.05, 0.1) is 0 Å². The molecule has 0 atom stereocenters. The first-order valence-electron chi connectivity index (χ1n) is 10.4. The molecule has 0 fully saturated rings. The minimum atomic E-state index is -0.430. The molecule has 3 amide bonds. The summed E-state index contributed by atoms with van der Waals surface area (Å²) in [5.41, 5.74) is 7.58. The second-order valence-electron chi connectivity index (χ2n) is 8.91. The van der Waals surface area contributed by atoms with Gasteiger partial charge in [0.2, 0.25) is 5.91 Å². The Balaban J connectivity index is 1.88. The van der Waals surface area contributed by atoms with Gasteiger partial charge in [-0.2, -0.15) is 0 Å². The lowest BCUT2D eigenvalue weighted by Gasteiger charge is -2.19. The fourth-order valence-electron chi connectivity index (χ4n) is 2.80. The monoisotopic (exact) mass is 454 g/mol. The summed E-state index contributed by atoms with van der Waals surface area (Å²) < 4.78 is 0. The number of nitrogens with one attached hydrogen (secondary N) is 4. The average Bonchev–Trinajstić information content (AvgIpc) is 2.71. The molecular formula is C24H30N4O3S. The summed E-state index contributed by atoms with van der Waals surface area (Å²) in [5.74, 6) is -0.679. The lowest BCUT2D eigenvalue weighted by molar-refractivity contribution is -0.120. The zero-order valence-electron chi connectivity index (χ0n) is 19.0. The van der Waals surface area contributed by atoms with Gasteiger partial charge in [0, 0.05) is 23.2 Å². The largest absolute Gasteiger partial charge is 0.322 e. The van der Waals surface area contributed by atoms with Crippen LogP contribution < -0.4 is 21.5 Å². The van der Waals surface area contributed by atoms with Gasteiger partial charge in [-0.1, -0.05) is 46.8 Å². The topological polar surface area (TPSA) is 99.3 Å². The Morgan fingerprint density at radius 1 is 0.844 bits per heavy atom. The van der Waals surface area contributed by atoms with Crippen LogP contribution in [-0.2, 0) is 10.2 Å². The molecule has 0 aromatic heterocycles. The number of hydrazine groups is 1. The first-order valence-corrected chi connectivity index (χ1v) is 10.8. The Kier molecular flexibility index (Phi) is 8.48. The van der Waals surface area contributed by atoms with Crippen molar-refractivity contribution >= 4 is 40.7 Å². The van der Waals surface area contributed by atoms with Gasteiger partial charge in [0.15, 0.2) is 5.11 Å². The number of anilines is 1. The minimum absolute atomic E-state index is 0.0175. The summed E-state index contributed by atoms with van der Waals surface area (Å²) in [7, 11) is 0. The molecule has 2 rings (SSSR count). The normalized spacial score (nSPS) is 10.9. The molecule has 0 aliphatic rings. The van der Waals surface area contributed by atoms with Crippen molar-refractivity contribution in [3.8, 4) is 0 Å². The summed E-state index contributed by atoms with van der Waals surface area (Å²) >= 11 is 4.99. The van der Waals surface area contributed by atoms with E-state index in [4.69, 9.17) is 12.2 Å². The van der Waals surface area contributed by atoms with Crippen molar-refractivity contribution in [2.45, 2.75) is 46.5 Å². The quantitative estimate of drug-likeness (QED) is 0.405. The smallest absolute Gasteiger partial charge is 0.269 e. The highest BCUT2D eigenvalue weighted by molar-refractivity contribution is 7.80. The summed E-state index contributed by atoms with van der Waals surface area (Å²) in [6.45, 7) is 10.2. The predicted octanol–water partition coefficient (Wildman–Crippen LogP) is 3.92. The van der Waals surface area contributed by atoms with E-state index in [0.29, 0.717) is 23.2 Å². The van der Waals surface area contributed by atoms with E-state index in [2.05, 4.69) is 42.3 Å². The molecule has 0 aliphatic carbocycles. The van der Waals surface area contributed by atoms with Gasteiger partial charge in [0.25, 0.3) is 11.8 Å². The van der Waals surface area contributed by atoms with E-state index in [1.165, 1.54) is 0 Å². The molecule has 170 valence electrons. The lowest BCUT2D eigenvalue weighted by atomic mass is 9.87. The molecular weight excluding hydrogens is 424 g/mol. The van der Waals surface area contributed by atoms with Crippen molar-refractivity contribution in [2.75, 3.05) is 5.32 Å². The minimum Gasteiger partial charge on any atom is -0.322 e. The highest BCUT2D eigenvalue weighted by Gasteiger charge is 2.15. The third-order valence-corrected chi connectivity index (χ3v) is 4.76. The van der Waals surface area contributed by atoms with Crippen LogP contribution in [0.25, 0.3) is 0 Å². The van der Waals surface area contributed by atoms with Crippen molar-refractivity contribution < 1.29 is 14.4 Å². The van der Waals surface area contributed by atoms with Gasteiger partial charge in [-0.15, -0.1) is 0 Å². The van der Waals surface area contributed by atoms with Gasteiger partial charge in [-0.25, -0.2) is 0 Å². The van der Waals surface area contributed by atoms with Crippen molar-refractivity contribution in [2.24, 2.45) is 5.92 Å². The molecule has 0 unspecified atom stereocenters. The Hall–Kier alpha value is -3.26. The number of benzene rings is 2. The maximum Gasteiger partial charge on any atom is 0.269 e. The Labute approximate surface area is 194 Å². The molecule has 0 bridgehead atoms. The number of rotatable bonds is 5. The van der Waals surface area contributed by atoms with Crippen molar-refractivity contribution in [1.82, 2.24) is 16.2 Å². The van der Waals surface area contributed by atoms with Crippen molar-refractivity contribution in [1.29, 1.82) is 0 Å². The summed E-state index contributed by atoms with van der Waals surface area (Å²) in [5, 5.41) is 5.33. The molecule has 0 heterocycles. The van der Waals surface area contributed by atoms with Crippen LogP contribution in [0.4, 0.5) is 5.69 Å². The van der Waals surface area contributed by atoms with E-state index in [1.54, 1.807) is 36.4 Å². The van der Waals surface area contributed by atoms with E-state index in [9.17, 15) is 14.4 Å². The van der Waals surface area contributed by atoms with Crippen LogP contribution in [0.3, 0.4) is 0 Å². The Bertz CT molecular complexity index is 978. The second kappa shape index (κ2) is 10.9. The third kappa shape index (κ3) is 7.77. The number of carbonyl (C=O) groups excluding carboxylic acids is 3. The van der Waals surface area contributed by atoms with E-state index >= 15 is 0 Å². The van der Waals surface area contributed by atoms with E-state index in [1.807, 2.05) is 26.0 Å². The molecule has 0 saturated heterocycles. The van der Waals surface area contributed by atoms with Crippen LogP contribution in [0.15, 0.2) is 48.5 Å². The number of amides is 3. The van der Waals surface area contributed by atoms with Crippen LogP contribution in [0.1, 0.15) is 67.3 Å². The zero-order valence-corrected chi connectivity index (χ0v) is 19.9. The van der Waals surface area contributed by atoms with E-state index in [0.717, 1.165) is 5.56 Å². The van der Waals surface area contributed by atoms with E-state index < -0.39 is 5.91 Å². The average molecular weight is 455 g/mol. The molecule has 2 aromatic rings. The van der Waals surface area contributed by atoms with Crippen LogP contribution in [0.2, 0.25) is 0 Å². The van der Waals surface area contributed by atoms with Crippen LogP contribution in [0.5, 0.6) is 0 Å². The van der Waals surface area contributed by atoms with Crippen molar-refractivity contribution in [3.63, 3.8) is 0 Å². The molecule has 32 heavy (non-hydrogen) atoms.